The summed E-state index contributed by atoms with van der Waals surface area (Å²) in [6, 6.07) is 6.65. The Hall–Kier alpha value is -1.14. The number of likely N-dealkylation sites (tertiary alicyclic amines) is 1. The largest absolute Gasteiger partial charge is 0.497 e. The minimum Gasteiger partial charge on any atom is -0.497 e. The molecular weight excluding hydrogens is 356 g/mol. The van der Waals surface area contributed by atoms with Gasteiger partial charge in [-0.05, 0) is 73.3 Å². The van der Waals surface area contributed by atoms with Gasteiger partial charge in [0.15, 0.2) is 0 Å². The van der Waals surface area contributed by atoms with Crippen molar-refractivity contribution < 1.29 is 9.84 Å². The molecule has 3 N–H and O–H groups in total. The first-order valence-corrected chi connectivity index (χ1v) is 11.2. The smallest absolute Gasteiger partial charge is 0.119 e. The Bertz CT molecular complexity index is 761. The number of fused-ring (bicyclic) bond motifs is 1. The molecule has 1 aromatic heterocycles. The number of piperidine rings is 1. The second-order valence-corrected chi connectivity index (χ2v) is 9.32. The Labute approximate surface area is 166 Å². The zero-order valence-electron chi connectivity index (χ0n) is 16.3. The molecule has 0 bridgehead atoms. The van der Waals surface area contributed by atoms with Gasteiger partial charge in [-0.1, -0.05) is 19.3 Å². The molecule has 5 heteroatoms. The van der Waals surface area contributed by atoms with E-state index >= 15 is 0 Å². The number of thiophene rings is 1. The fourth-order valence-corrected chi connectivity index (χ4v) is 5.88. The van der Waals surface area contributed by atoms with Gasteiger partial charge in [0.1, 0.15) is 5.75 Å². The van der Waals surface area contributed by atoms with Crippen LogP contribution in [-0.2, 0) is 0 Å². The lowest BCUT2D eigenvalue weighted by atomic mass is 9.72. The maximum atomic E-state index is 11.7. The zero-order chi connectivity index (χ0) is 18.9. The van der Waals surface area contributed by atoms with Crippen LogP contribution < -0.4 is 10.5 Å². The summed E-state index contributed by atoms with van der Waals surface area (Å²) in [5.41, 5.74) is 6.81. The lowest BCUT2D eigenvalue weighted by molar-refractivity contribution is -0.0319. The van der Waals surface area contributed by atoms with Crippen molar-refractivity contribution in [1.29, 1.82) is 0 Å². The number of nitrogens with two attached hydrogens (primary N) is 1. The molecule has 27 heavy (non-hydrogen) atoms. The summed E-state index contributed by atoms with van der Waals surface area (Å²) in [5, 5.41) is 15.2. The molecule has 4 nitrogen and oxygen atoms in total. The van der Waals surface area contributed by atoms with Crippen molar-refractivity contribution in [3.05, 3.63) is 29.1 Å². The van der Waals surface area contributed by atoms with Crippen molar-refractivity contribution in [2.75, 3.05) is 26.7 Å². The van der Waals surface area contributed by atoms with Gasteiger partial charge in [-0.3, -0.25) is 0 Å². The number of nitrogens with zero attached hydrogens (tertiary/aromatic N) is 1. The number of hydrogen-bond donors (Lipinski definition) is 2. The van der Waals surface area contributed by atoms with Crippen LogP contribution in [0.25, 0.3) is 10.1 Å². The fourth-order valence-electron chi connectivity index (χ4n) is 4.89. The van der Waals surface area contributed by atoms with Crippen LogP contribution in [0, 0.1) is 0 Å². The normalized spacial score (nSPS) is 22.8. The lowest BCUT2D eigenvalue weighted by Gasteiger charge is -2.43. The van der Waals surface area contributed by atoms with Gasteiger partial charge >= 0.3 is 0 Å². The Kier molecular flexibility index (Phi) is 5.74. The van der Waals surface area contributed by atoms with Crippen molar-refractivity contribution in [2.24, 2.45) is 5.73 Å². The lowest BCUT2D eigenvalue weighted by Crippen LogP contribution is -2.47. The van der Waals surface area contributed by atoms with E-state index in [1.54, 1.807) is 18.4 Å². The highest BCUT2D eigenvalue weighted by Crippen LogP contribution is 2.44. The van der Waals surface area contributed by atoms with Crippen molar-refractivity contribution >= 4 is 21.4 Å². The topological polar surface area (TPSA) is 58.7 Å². The standard InChI is InChI=1S/C22H32N2O2S/c1-26-17-5-6-21-18(13-17)19(15-27-21)20(22(25)9-3-2-4-10-22)14-24-11-7-16(23)8-12-24/h5-6,13,15-16,20,25H,2-4,7-12,14,23H2,1H3. The molecule has 2 aliphatic rings. The molecule has 148 valence electrons. The average Bonchev–Trinajstić information content (AvgIpc) is 3.10. The third-order valence-electron chi connectivity index (χ3n) is 6.63. The van der Waals surface area contributed by atoms with Gasteiger partial charge in [-0.25, -0.2) is 0 Å². The molecule has 1 aromatic carbocycles. The van der Waals surface area contributed by atoms with Crippen LogP contribution in [0.15, 0.2) is 23.6 Å². The third kappa shape index (κ3) is 4.02. The summed E-state index contributed by atoms with van der Waals surface area (Å²) in [6.07, 6.45) is 7.43. The number of hydrogen-bond acceptors (Lipinski definition) is 5. The molecule has 1 aliphatic heterocycles. The van der Waals surface area contributed by atoms with Gasteiger partial charge in [0.25, 0.3) is 0 Å². The number of ether oxygens (including phenoxy) is 1. The van der Waals surface area contributed by atoms with Crippen LogP contribution in [-0.4, -0.2) is 48.4 Å². The molecule has 2 aromatic rings. The highest BCUT2D eigenvalue weighted by molar-refractivity contribution is 7.17. The van der Waals surface area contributed by atoms with E-state index in [4.69, 9.17) is 10.5 Å². The first kappa shape index (κ1) is 19.2. The minimum absolute atomic E-state index is 0.146. The first-order valence-electron chi connectivity index (χ1n) is 10.3. The molecule has 4 rings (SSSR count). The summed E-state index contributed by atoms with van der Waals surface area (Å²) in [5.74, 6) is 1.04. The van der Waals surface area contributed by atoms with Crippen LogP contribution in [0.2, 0.25) is 0 Å². The van der Waals surface area contributed by atoms with Crippen molar-refractivity contribution in [3.63, 3.8) is 0 Å². The molecule has 1 aliphatic carbocycles. The molecule has 1 saturated heterocycles. The van der Waals surface area contributed by atoms with E-state index in [1.807, 2.05) is 6.07 Å². The predicted molar refractivity (Wildman–Crippen MR) is 113 cm³/mol. The maximum Gasteiger partial charge on any atom is 0.119 e. The van der Waals surface area contributed by atoms with E-state index in [-0.39, 0.29) is 5.92 Å². The number of aliphatic hydroxyl groups is 1. The SMILES string of the molecule is COc1ccc2scc(C(CN3CCC(N)CC3)C3(O)CCCCC3)c2c1. The predicted octanol–water partition coefficient (Wildman–Crippen LogP) is 4.11. The molecule has 1 saturated carbocycles. The third-order valence-corrected chi connectivity index (χ3v) is 7.61. The highest BCUT2D eigenvalue weighted by atomic mass is 32.1. The van der Waals surface area contributed by atoms with Gasteiger partial charge in [-0.2, -0.15) is 0 Å². The maximum absolute atomic E-state index is 11.7. The molecule has 2 heterocycles. The highest BCUT2D eigenvalue weighted by Gasteiger charge is 2.40. The molecule has 0 spiro atoms. The second-order valence-electron chi connectivity index (χ2n) is 8.41. The van der Waals surface area contributed by atoms with Crippen molar-refractivity contribution in [3.8, 4) is 5.75 Å². The minimum atomic E-state index is -0.602. The van der Waals surface area contributed by atoms with Crippen LogP contribution in [0.3, 0.4) is 0 Å². The van der Waals surface area contributed by atoms with E-state index in [9.17, 15) is 5.11 Å². The van der Waals surface area contributed by atoms with Crippen molar-refractivity contribution in [1.82, 2.24) is 4.90 Å². The van der Waals surface area contributed by atoms with Crippen LogP contribution in [0.4, 0.5) is 0 Å². The molecule has 0 radical (unpaired) electrons. The Morgan fingerprint density at radius 3 is 2.70 bits per heavy atom. The van der Waals surface area contributed by atoms with Gasteiger partial charge in [0.2, 0.25) is 0 Å². The number of rotatable bonds is 5. The fraction of sp³-hybridized carbons (Fsp3) is 0.636. The van der Waals surface area contributed by atoms with E-state index in [0.29, 0.717) is 6.04 Å². The van der Waals surface area contributed by atoms with Crippen molar-refractivity contribution in [2.45, 2.75) is 62.5 Å². The van der Waals surface area contributed by atoms with E-state index in [0.717, 1.165) is 63.9 Å². The van der Waals surface area contributed by atoms with E-state index in [1.165, 1.54) is 22.1 Å². The Balaban J connectivity index is 1.69. The zero-order valence-corrected chi connectivity index (χ0v) is 17.1. The van der Waals surface area contributed by atoms with Crippen LogP contribution in [0.1, 0.15) is 56.4 Å². The second kappa shape index (κ2) is 8.08. The Morgan fingerprint density at radius 1 is 1.26 bits per heavy atom. The molecule has 2 fully saturated rings. The monoisotopic (exact) mass is 388 g/mol. The first-order chi connectivity index (χ1) is 13.1. The van der Waals surface area contributed by atoms with E-state index in [2.05, 4.69) is 22.4 Å². The summed E-state index contributed by atoms with van der Waals surface area (Å²) in [7, 11) is 1.72. The van der Waals surface area contributed by atoms with Gasteiger partial charge in [-0.15, -0.1) is 11.3 Å². The van der Waals surface area contributed by atoms with Gasteiger partial charge in [0, 0.05) is 23.2 Å². The average molecular weight is 389 g/mol. The molecular formula is C22H32N2O2S. The number of methoxy groups -OCH3 is 1. The van der Waals surface area contributed by atoms with Gasteiger partial charge < -0.3 is 20.5 Å². The van der Waals surface area contributed by atoms with Gasteiger partial charge in [0.05, 0.1) is 12.7 Å². The Morgan fingerprint density at radius 2 is 2.00 bits per heavy atom. The summed E-state index contributed by atoms with van der Waals surface area (Å²) >= 11 is 1.78. The molecule has 1 unspecified atom stereocenters. The van der Waals surface area contributed by atoms with E-state index < -0.39 is 5.60 Å². The molecule has 1 atom stereocenters. The molecule has 0 amide bonds. The van der Waals surface area contributed by atoms with Crippen LogP contribution >= 0.6 is 11.3 Å². The quantitative estimate of drug-likeness (QED) is 0.809. The number of benzene rings is 1. The summed E-state index contributed by atoms with van der Waals surface area (Å²) in [6.45, 7) is 3.00. The van der Waals surface area contributed by atoms with Crippen LogP contribution in [0.5, 0.6) is 5.75 Å². The summed E-state index contributed by atoms with van der Waals surface area (Å²) in [4.78, 5) is 2.52. The summed E-state index contributed by atoms with van der Waals surface area (Å²) < 4.78 is 6.75.